The van der Waals surface area contributed by atoms with Gasteiger partial charge >= 0.3 is 0 Å². The third-order valence-electron chi connectivity index (χ3n) is 5.88. The van der Waals surface area contributed by atoms with Gasteiger partial charge < -0.3 is 14.8 Å². The van der Waals surface area contributed by atoms with Crippen molar-refractivity contribution in [1.82, 2.24) is 10.3 Å². The van der Waals surface area contributed by atoms with E-state index in [-0.39, 0.29) is 36.2 Å². The molecule has 0 spiro atoms. The lowest BCUT2D eigenvalue weighted by molar-refractivity contribution is -0.141. The molecule has 1 N–H and O–H groups in total. The number of benzene rings is 1. The number of nitrogens with one attached hydrogen (secondary N) is 1. The van der Waals surface area contributed by atoms with Gasteiger partial charge in [-0.25, -0.2) is 5.01 Å². The molecule has 0 bridgehead atoms. The van der Waals surface area contributed by atoms with Crippen LogP contribution in [0.3, 0.4) is 0 Å². The van der Waals surface area contributed by atoms with Crippen LogP contribution >= 0.6 is 12.4 Å². The van der Waals surface area contributed by atoms with Crippen molar-refractivity contribution in [2.75, 3.05) is 27.3 Å². The third-order valence-corrected chi connectivity index (χ3v) is 5.88. The first kappa shape index (κ1) is 20.7. The number of hydrogen-bond donors (Lipinski definition) is 1. The van der Waals surface area contributed by atoms with Crippen LogP contribution in [0.1, 0.15) is 31.2 Å². The van der Waals surface area contributed by atoms with E-state index in [1.54, 1.807) is 19.2 Å². The number of fused-ring (bicyclic) bond motifs is 1. The van der Waals surface area contributed by atoms with E-state index in [1.165, 1.54) is 0 Å². The second-order valence-electron chi connectivity index (χ2n) is 7.37. The Morgan fingerprint density at radius 3 is 2.39 bits per heavy atom. The van der Waals surface area contributed by atoms with Crippen LogP contribution in [-0.2, 0) is 4.79 Å². The largest absolute Gasteiger partial charge is 0.493 e. The molecule has 6 nitrogen and oxygen atoms in total. The lowest BCUT2D eigenvalue weighted by Crippen LogP contribution is -2.51. The van der Waals surface area contributed by atoms with Crippen molar-refractivity contribution < 1.29 is 14.3 Å². The molecule has 1 saturated heterocycles. The number of halogens is 1. The fourth-order valence-corrected chi connectivity index (χ4v) is 4.38. The van der Waals surface area contributed by atoms with Gasteiger partial charge in [0, 0.05) is 11.5 Å². The third kappa shape index (κ3) is 3.76. The molecule has 1 aromatic carbocycles. The summed E-state index contributed by atoms with van der Waals surface area (Å²) in [6, 6.07) is 6.09. The molecule has 1 amide bonds. The average Bonchev–Trinajstić information content (AvgIpc) is 2.74. The van der Waals surface area contributed by atoms with E-state index >= 15 is 0 Å². The van der Waals surface area contributed by atoms with Crippen LogP contribution < -0.4 is 14.8 Å². The van der Waals surface area contributed by atoms with Crippen LogP contribution in [0.2, 0.25) is 0 Å². The number of carbonyl (C=O) groups is 1. The first-order valence-corrected chi connectivity index (χ1v) is 9.72. The number of methoxy groups -OCH3 is 2. The van der Waals surface area contributed by atoms with Gasteiger partial charge in [-0.3, -0.25) is 4.79 Å². The first-order valence-electron chi connectivity index (χ1n) is 9.72. The van der Waals surface area contributed by atoms with Crippen molar-refractivity contribution in [3.63, 3.8) is 0 Å². The quantitative estimate of drug-likeness (QED) is 0.782. The number of amides is 1. The summed E-state index contributed by atoms with van der Waals surface area (Å²) in [4.78, 5) is 13.2. The maximum Gasteiger partial charge on any atom is 0.247 e. The molecule has 0 radical (unpaired) electrons. The van der Waals surface area contributed by atoms with Gasteiger partial charge in [-0.05, 0) is 57.0 Å². The summed E-state index contributed by atoms with van der Waals surface area (Å²) in [5.41, 5.74) is 1.99. The molecule has 28 heavy (non-hydrogen) atoms. The lowest BCUT2D eigenvalue weighted by Gasteiger charge is -2.41. The fourth-order valence-electron chi connectivity index (χ4n) is 4.38. The van der Waals surface area contributed by atoms with E-state index < -0.39 is 0 Å². The molecule has 2 aliphatic heterocycles. The fraction of sp³-hybridized carbons (Fsp3) is 0.524. The van der Waals surface area contributed by atoms with Gasteiger partial charge in [-0.15, -0.1) is 12.4 Å². The highest BCUT2D eigenvalue weighted by Crippen LogP contribution is 2.38. The van der Waals surface area contributed by atoms with Crippen LogP contribution in [0.25, 0.3) is 0 Å². The topological polar surface area (TPSA) is 63.2 Å². The number of allylic oxidation sites excluding steroid dienone is 2. The molecule has 2 heterocycles. The summed E-state index contributed by atoms with van der Waals surface area (Å²) >= 11 is 0. The number of hydrogen-bond acceptors (Lipinski definition) is 5. The smallest absolute Gasteiger partial charge is 0.247 e. The Hall–Kier alpha value is -2.05. The van der Waals surface area contributed by atoms with Gasteiger partial charge in [0.05, 0.1) is 31.9 Å². The Morgan fingerprint density at radius 1 is 1.04 bits per heavy atom. The molecule has 0 saturated carbocycles. The van der Waals surface area contributed by atoms with Crippen molar-refractivity contribution in [3.05, 3.63) is 35.9 Å². The van der Waals surface area contributed by atoms with Crippen molar-refractivity contribution in [3.8, 4) is 11.5 Å². The molecule has 2 unspecified atom stereocenters. The number of carbonyl (C=O) groups excluding carboxylic acids is 1. The first-order chi connectivity index (χ1) is 13.2. The van der Waals surface area contributed by atoms with E-state index in [0.717, 1.165) is 50.0 Å². The molecular weight excluding hydrogens is 378 g/mol. The molecule has 152 valence electrons. The number of piperidine rings is 1. The van der Waals surface area contributed by atoms with Crippen LogP contribution in [0, 0.1) is 11.8 Å². The highest BCUT2D eigenvalue weighted by molar-refractivity contribution is 6.07. The number of hydrazone groups is 1. The molecule has 0 aromatic heterocycles. The minimum atomic E-state index is -0.0227. The van der Waals surface area contributed by atoms with Crippen molar-refractivity contribution >= 4 is 24.0 Å². The minimum Gasteiger partial charge on any atom is -0.493 e. The SMILES string of the molecule is COc1ccc(C2=NN(C3CCNCC3)C(=O)C3CC=CCC23)cc1OC.Cl. The standard InChI is InChI=1S/C21H27N3O3.ClH/c1-26-18-8-7-14(13-19(18)27-2)20-16-5-3-4-6-17(16)21(25)24(23-20)15-9-11-22-12-10-15;/h3-4,7-8,13,15-17,22H,5-6,9-12H2,1-2H3;1H. The summed E-state index contributed by atoms with van der Waals surface area (Å²) in [7, 11) is 3.27. The molecule has 1 aliphatic carbocycles. The Morgan fingerprint density at radius 2 is 1.71 bits per heavy atom. The normalized spacial score (nSPS) is 24.9. The molecule has 3 aliphatic rings. The summed E-state index contributed by atoms with van der Waals surface area (Å²) in [6.45, 7) is 1.87. The van der Waals surface area contributed by atoms with Crippen LogP contribution in [0.4, 0.5) is 0 Å². The minimum absolute atomic E-state index is 0. The van der Waals surface area contributed by atoms with E-state index in [0.29, 0.717) is 11.5 Å². The predicted molar refractivity (Wildman–Crippen MR) is 111 cm³/mol. The summed E-state index contributed by atoms with van der Waals surface area (Å²) in [5.74, 6) is 1.67. The summed E-state index contributed by atoms with van der Waals surface area (Å²) < 4.78 is 10.9. The van der Waals surface area contributed by atoms with Gasteiger partial charge in [0.15, 0.2) is 11.5 Å². The zero-order valence-electron chi connectivity index (χ0n) is 16.4. The number of nitrogens with zero attached hydrogens (tertiary/aromatic N) is 2. The molecule has 1 aromatic rings. The highest BCUT2D eigenvalue weighted by Gasteiger charge is 2.42. The summed E-state index contributed by atoms with van der Waals surface area (Å²) in [6.07, 6.45) is 7.84. The van der Waals surface area contributed by atoms with Crippen LogP contribution in [-0.4, -0.2) is 50.0 Å². The monoisotopic (exact) mass is 405 g/mol. The Bertz CT molecular complexity index is 774. The Kier molecular flexibility index (Phi) is 6.62. The lowest BCUT2D eigenvalue weighted by atomic mass is 9.76. The van der Waals surface area contributed by atoms with Gasteiger partial charge in [-0.1, -0.05) is 12.2 Å². The molecule has 4 rings (SSSR count). The second kappa shape index (κ2) is 8.97. The molecule has 2 atom stereocenters. The van der Waals surface area contributed by atoms with Crippen LogP contribution in [0.5, 0.6) is 11.5 Å². The van der Waals surface area contributed by atoms with E-state index in [4.69, 9.17) is 14.6 Å². The average molecular weight is 406 g/mol. The maximum absolute atomic E-state index is 13.2. The van der Waals surface area contributed by atoms with E-state index in [9.17, 15) is 4.79 Å². The highest BCUT2D eigenvalue weighted by atomic mass is 35.5. The molecular formula is C21H28ClN3O3. The predicted octanol–water partition coefficient (Wildman–Crippen LogP) is 3.01. The zero-order valence-corrected chi connectivity index (χ0v) is 17.2. The maximum atomic E-state index is 13.2. The van der Waals surface area contributed by atoms with Crippen molar-refractivity contribution in [2.24, 2.45) is 16.9 Å². The van der Waals surface area contributed by atoms with E-state index in [2.05, 4.69) is 17.5 Å². The Labute approximate surface area is 172 Å². The van der Waals surface area contributed by atoms with Gasteiger partial charge in [0.25, 0.3) is 0 Å². The molecule has 7 heteroatoms. The van der Waals surface area contributed by atoms with Crippen molar-refractivity contribution in [1.29, 1.82) is 0 Å². The number of ether oxygens (including phenoxy) is 2. The van der Waals surface area contributed by atoms with Crippen molar-refractivity contribution in [2.45, 2.75) is 31.7 Å². The van der Waals surface area contributed by atoms with E-state index in [1.807, 2.05) is 18.2 Å². The van der Waals surface area contributed by atoms with Crippen LogP contribution in [0.15, 0.2) is 35.5 Å². The number of rotatable bonds is 4. The second-order valence-corrected chi connectivity index (χ2v) is 7.37. The van der Waals surface area contributed by atoms with Gasteiger partial charge in [-0.2, -0.15) is 5.10 Å². The summed E-state index contributed by atoms with van der Waals surface area (Å²) in [5, 5.41) is 10.1. The van der Waals surface area contributed by atoms with Gasteiger partial charge in [0.2, 0.25) is 5.91 Å². The molecule has 1 fully saturated rings. The zero-order chi connectivity index (χ0) is 18.8. The van der Waals surface area contributed by atoms with Gasteiger partial charge in [0.1, 0.15) is 0 Å². The Balaban J connectivity index is 0.00000225.